The first-order chi connectivity index (χ1) is 7.24. The highest BCUT2D eigenvalue weighted by Crippen LogP contribution is 2.43. The van der Waals surface area contributed by atoms with Gasteiger partial charge in [0, 0.05) is 32.5 Å². The molecule has 1 saturated carbocycles. The molecule has 0 unspecified atom stereocenters. The van der Waals surface area contributed by atoms with Crippen molar-refractivity contribution in [3.8, 4) is 0 Å². The first-order valence-electron chi connectivity index (χ1n) is 5.37. The Morgan fingerprint density at radius 1 is 1.12 bits per heavy atom. The van der Waals surface area contributed by atoms with Gasteiger partial charge < -0.3 is 4.90 Å². The van der Waals surface area contributed by atoms with E-state index >= 15 is 0 Å². The van der Waals surface area contributed by atoms with Crippen molar-refractivity contribution in [1.82, 2.24) is 4.90 Å². The molecule has 2 rings (SSSR count). The average Bonchev–Trinajstić information content (AvgIpc) is 2.89. The van der Waals surface area contributed by atoms with E-state index in [2.05, 4.69) is 0 Å². The lowest BCUT2D eigenvalue weighted by Gasteiger charge is -2.33. The van der Waals surface area contributed by atoms with Gasteiger partial charge in [-0.2, -0.15) is 0 Å². The molecule has 0 aromatic carbocycles. The van der Waals surface area contributed by atoms with E-state index in [1.54, 1.807) is 4.90 Å². The summed E-state index contributed by atoms with van der Waals surface area (Å²) >= 11 is 0. The fourth-order valence-corrected chi connectivity index (χ4v) is 3.15. The van der Waals surface area contributed by atoms with Crippen LogP contribution < -0.4 is 5.14 Å². The van der Waals surface area contributed by atoms with Crippen molar-refractivity contribution in [1.29, 1.82) is 0 Å². The largest absolute Gasteiger partial charge is 0.301 e. The minimum Gasteiger partial charge on any atom is -0.301 e. The number of nitrogens with two attached hydrogens (primary N) is 1. The van der Waals surface area contributed by atoms with Crippen LogP contribution in [0, 0.1) is 0 Å². The molecular formula is C9H16F2N2O2S. The van der Waals surface area contributed by atoms with Gasteiger partial charge in [-0.25, -0.2) is 22.3 Å². The van der Waals surface area contributed by atoms with Crippen molar-refractivity contribution >= 4 is 10.0 Å². The molecule has 16 heavy (non-hydrogen) atoms. The predicted octanol–water partition coefficient (Wildman–Crippen LogP) is 0.539. The third kappa shape index (κ3) is 2.36. The lowest BCUT2D eigenvalue weighted by atomic mass is 10.1. The summed E-state index contributed by atoms with van der Waals surface area (Å²) in [5, 5.41) is 5.14. The number of piperidine rings is 1. The zero-order chi connectivity index (χ0) is 12.0. The molecule has 2 N–H and O–H groups in total. The van der Waals surface area contributed by atoms with Gasteiger partial charge in [-0.1, -0.05) is 0 Å². The van der Waals surface area contributed by atoms with E-state index < -0.39 is 20.7 Å². The van der Waals surface area contributed by atoms with Gasteiger partial charge in [-0.15, -0.1) is 0 Å². The summed E-state index contributed by atoms with van der Waals surface area (Å²) in [6, 6.07) is 0. The van der Waals surface area contributed by atoms with Gasteiger partial charge in [-0.3, -0.25) is 0 Å². The van der Waals surface area contributed by atoms with Crippen molar-refractivity contribution in [3.05, 3.63) is 0 Å². The number of sulfonamides is 1. The van der Waals surface area contributed by atoms with E-state index in [4.69, 9.17) is 5.14 Å². The van der Waals surface area contributed by atoms with Gasteiger partial charge in [0.05, 0.1) is 4.75 Å². The standard InChI is InChI=1S/C9H16F2N2O2S/c10-9(11)3-5-13(6-4-9)7-8(1-2-8)16(12,14)15/h1-7H2,(H2,12,14,15). The SMILES string of the molecule is NS(=O)(=O)C1(CN2CCC(F)(F)CC2)CC1. The fraction of sp³-hybridized carbons (Fsp3) is 1.00. The van der Waals surface area contributed by atoms with Crippen molar-refractivity contribution in [2.45, 2.75) is 36.4 Å². The summed E-state index contributed by atoms with van der Waals surface area (Å²) < 4.78 is 47.6. The maximum atomic E-state index is 12.9. The molecule has 1 aliphatic heterocycles. The second-order valence-electron chi connectivity index (χ2n) is 4.86. The van der Waals surface area contributed by atoms with E-state index in [0.717, 1.165) is 0 Å². The Hall–Kier alpha value is -0.270. The number of alkyl halides is 2. The second kappa shape index (κ2) is 3.61. The maximum absolute atomic E-state index is 12.9. The van der Waals surface area contributed by atoms with Crippen LogP contribution in [0.25, 0.3) is 0 Å². The van der Waals surface area contributed by atoms with E-state index in [0.29, 0.717) is 19.4 Å². The highest BCUT2D eigenvalue weighted by Gasteiger charge is 2.54. The Kier molecular flexibility index (Phi) is 2.75. The zero-order valence-electron chi connectivity index (χ0n) is 8.95. The first-order valence-corrected chi connectivity index (χ1v) is 6.91. The molecule has 94 valence electrons. The average molecular weight is 254 g/mol. The number of hydrogen-bond acceptors (Lipinski definition) is 3. The van der Waals surface area contributed by atoms with E-state index in [-0.39, 0.29) is 25.9 Å². The molecule has 0 bridgehead atoms. The molecule has 1 saturated heterocycles. The van der Waals surface area contributed by atoms with Gasteiger partial charge in [0.25, 0.3) is 5.92 Å². The smallest absolute Gasteiger partial charge is 0.250 e. The summed E-state index contributed by atoms with van der Waals surface area (Å²) in [4.78, 5) is 1.79. The van der Waals surface area contributed by atoms with Crippen LogP contribution in [0.5, 0.6) is 0 Å². The van der Waals surface area contributed by atoms with E-state index in [1.807, 2.05) is 0 Å². The first kappa shape index (κ1) is 12.2. The van der Waals surface area contributed by atoms with Gasteiger partial charge >= 0.3 is 0 Å². The molecule has 0 atom stereocenters. The van der Waals surface area contributed by atoms with Crippen LogP contribution in [-0.2, 0) is 10.0 Å². The molecule has 0 amide bonds. The number of hydrogen-bond donors (Lipinski definition) is 1. The normalized spacial score (nSPS) is 28.9. The summed E-state index contributed by atoms with van der Waals surface area (Å²) in [7, 11) is -3.55. The van der Waals surface area contributed by atoms with Crippen LogP contribution in [0.3, 0.4) is 0 Å². The van der Waals surface area contributed by atoms with Crippen molar-refractivity contribution < 1.29 is 17.2 Å². The molecule has 0 aromatic heterocycles. The quantitative estimate of drug-likeness (QED) is 0.799. The van der Waals surface area contributed by atoms with Gasteiger partial charge in [0.15, 0.2) is 0 Å². The summed E-state index contributed by atoms with van der Waals surface area (Å²) in [5.41, 5.74) is 0. The highest BCUT2D eigenvalue weighted by atomic mass is 32.2. The molecule has 4 nitrogen and oxygen atoms in total. The van der Waals surface area contributed by atoms with Gasteiger partial charge in [-0.05, 0) is 12.8 Å². The summed E-state index contributed by atoms with van der Waals surface area (Å²) in [6.07, 6.45) is 0.735. The van der Waals surface area contributed by atoms with Crippen LogP contribution in [0.15, 0.2) is 0 Å². The van der Waals surface area contributed by atoms with Crippen LogP contribution in [0.2, 0.25) is 0 Å². The maximum Gasteiger partial charge on any atom is 0.250 e. The Bertz CT molecular complexity index is 369. The topological polar surface area (TPSA) is 63.4 Å². The minimum absolute atomic E-state index is 0.187. The molecule has 0 radical (unpaired) electrons. The summed E-state index contributed by atoms with van der Waals surface area (Å²) in [6.45, 7) is 0.816. The van der Waals surface area contributed by atoms with Crippen LogP contribution >= 0.6 is 0 Å². The predicted molar refractivity (Wildman–Crippen MR) is 55.7 cm³/mol. The van der Waals surface area contributed by atoms with E-state index in [1.165, 1.54) is 0 Å². The lowest BCUT2D eigenvalue weighted by molar-refractivity contribution is -0.0552. The molecule has 0 aromatic rings. The third-order valence-electron chi connectivity index (χ3n) is 3.51. The molecule has 0 spiro atoms. The fourth-order valence-electron chi connectivity index (χ4n) is 2.12. The Morgan fingerprint density at radius 3 is 2.00 bits per heavy atom. The molecule has 1 heterocycles. The lowest BCUT2D eigenvalue weighted by Crippen LogP contribution is -2.47. The van der Waals surface area contributed by atoms with Gasteiger partial charge in [0.1, 0.15) is 0 Å². The van der Waals surface area contributed by atoms with E-state index in [9.17, 15) is 17.2 Å². The number of likely N-dealkylation sites (tertiary alicyclic amines) is 1. The Morgan fingerprint density at radius 2 is 1.62 bits per heavy atom. The number of primary sulfonamides is 1. The Balaban J connectivity index is 1.93. The zero-order valence-corrected chi connectivity index (χ0v) is 9.77. The molecular weight excluding hydrogens is 238 g/mol. The third-order valence-corrected chi connectivity index (χ3v) is 5.26. The Labute approximate surface area is 93.8 Å². The molecule has 7 heteroatoms. The summed E-state index contributed by atoms with van der Waals surface area (Å²) in [5.74, 6) is -2.59. The van der Waals surface area contributed by atoms with Crippen LogP contribution in [-0.4, -0.2) is 43.6 Å². The monoisotopic (exact) mass is 254 g/mol. The van der Waals surface area contributed by atoms with Crippen molar-refractivity contribution in [2.24, 2.45) is 5.14 Å². The second-order valence-corrected chi connectivity index (χ2v) is 6.82. The van der Waals surface area contributed by atoms with Gasteiger partial charge in [0.2, 0.25) is 10.0 Å². The molecule has 1 aliphatic carbocycles. The molecule has 2 aliphatic rings. The molecule has 2 fully saturated rings. The van der Waals surface area contributed by atoms with Crippen LogP contribution in [0.1, 0.15) is 25.7 Å². The number of halogens is 2. The minimum atomic E-state index is -3.55. The van der Waals surface area contributed by atoms with Crippen LogP contribution in [0.4, 0.5) is 8.78 Å². The van der Waals surface area contributed by atoms with Crippen molar-refractivity contribution in [2.75, 3.05) is 19.6 Å². The number of nitrogens with zero attached hydrogens (tertiary/aromatic N) is 1. The number of rotatable bonds is 3. The van der Waals surface area contributed by atoms with Crippen molar-refractivity contribution in [3.63, 3.8) is 0 Å². The highest BCUT2D eigenvalue weighted by molar-refractivity contribution is 7.90.